The molecule has 2 aromatic carbocycles. The Morgan fingerprint density at radius 2 is 1.67 bits per heavy atom. The molecule has 4 heterocycles. The predicted molar refractivity (Wildman–Crippen MR) is 185 cm³/mol. The summed E-state index contributed by atoms with van der Waals surface area (Å²) in [6.45, 7) is 1.74. The summed E-state index contributed by atoms with van der Waals surface area (Å²) in [5, 5.41) is 10.4. The smallest absolute Gasteiger partial charge is 0.347 e. The Balaban J connectivity index is 1.31. The second kappa shape index (κ2) is 12.0. The van der Waals surface area contributed by atoms with E-state index in [1.807, 2.05) is 0 Å². The summed E-state index contributed by atoms with van der Waals surface area (Å²) >= 11 is 14.4. The molecule has 0 spiro atoms. The number of amides is 2. The third-order valence-electron chi connectivity index (χ3n) is 10.2. The van der Waals surface area contributed by atoms with Gasteiger partial charge in [0.05, 0.1) is 44.4 Å². The second-order valence-electron chi connectivity index (χ2n) is 12.7. The van der Waals surface area contributed by atoms with Gasteiger partial charge in [-0.3, -0.25) is 19.3 Å². The van der Waals surface area contributed by atoms with E-state index < -0.39 is 50.5 Å². The van der Waals surface area contributed by atoms with Crippen molar-refractivity contribution in [1.29, 1.82) is 0 Å². The number of methoxy groups -OCH3 is 2. The highest BCUT2D eigenvalue weighted by molar-refractivity contribution is 6.53. The lowest BCUT2D eigenvalue weighted by Gasteiger charge is -2.49. The molecule has 15 nitrogen and oxygen atoms in total. The number of carbonyl (C=O) groups excluding carboxylic acids is 2. The number of fused-ring (bicyclic) bond motifs is 5. The molecular formula is C34H34Cl2N6O9. The van der Waals surface area contributed by atoms with Crippen molar-refractivity contribution in [3.05, 3.63) is 84.6 Å². The molecule has 0 bridgehead atoms. The zero-order valence-electron chi connectivity index (χ0n) is 28.3. The Hall–Kier alpha value is -5.02. The van der Waals surface area contributed by atoms with Crippen LogP contribution in [0.3, 0.4) is 0 Å². The fourth-order valence-electron chi connectivity index (χ4n) is 7.69. The van der Waals surface area contributed by atoms with Gasteiger partial charge in [-0.2, -0.15) is 0 Å². The molecule has 2 fully saturated rings. The number of halogens is 2. The standard InChI is InChI=1S/C34H34Cl2N6O9/c1-6-51-24-13-17(7-8-23(24)43)27-18-9-12-41-31(47)40(32(48)42(41)22(18)16-33(35)29(45)39(3)30(46)34(27,33)36)11-10-19-28(44)38(2)21-15-26(50-5)25(49-4)14-20(21)37-19/h7-9,13-15,22,27,43H,6,10-12,16H2,1-5H3. The minimum Gasteiger partial charge on any atom is -0.504 e. The Bertz CT molecular complexity index is 2380. The molecule has 3 aliphatic rings. The number of phenolic OH excluding ortho intramolecular Hbond substituents is 1. The van der Waals surface area contributed by atoms with Crippen LogP contribution in [0.25, 0.3) is 11.0 Å². The minimum absolute atomic E-state index is 0.0561. The molecule has 2 amide bonds. The van der Waals surface area contributed by atoms with E-state index in [2.05, 4.69) is 4.98 Å². The van der Waals surface area contributed by atoms with Crippen molar-refractivity contribution in [1.82, 2.24) is 28.4 Å². The number of alkyl halides is 2. The summed E-state index contributed by atoms with van der Waals surface area (Å²) < 4.78 is 21.3. The molecule has 4 unspecified atom stereocenters. The summed E-state index contributed by atoms with van der Waals surface area (Å²) in [4.78, 5) is 70.3. The largest absolute Gasteiger partial charge is 0.504 e. The minimum atomic E-state index is -2.01. The number of carbonyl (C=O) groups is 2. The molecule has 2 aromatic heterocycles. The molecule has 2 aliphatic heterocycles. The maximum atomic E-state index is 14.2. The number of nitrogens with zero attached hydrogens (tertiary/aromatic N) is 6. The van der Waals surface area contributed by atoms with Gasteiger partial charge in [0.15, 0.2) is 32.7 Å². The first-order valence-corrected chi connectivity index (χ1v) is 16.9. The van der Waals surface area contributed by atoms with Gasteiger partial charge >= 0.3 is 11.4 Å². The van der Waals surface area contributed by atoms with E-state index in [0.717, 1.165) is 9.47 Å². The van der Waals surface area contributed by atoms with Gasteiger partial charge < -0.3 is 23.9 Å². The zero-order valence-corrected chi connectivity index (χ0v) is 29.8. The van der Waals surface area contributed by atoms with Crippen LogP contribution < -0.4 is 31.1 Å². The number of phenols is 1. The van der Waals surface area contributed by atoms with E-state index in [1.54, 1.807) is 38.2 Å². The summed E-state index contributed by atoms with van der Waals surface area (Å²) in [5.74, 6) is -1.69. The molecule has 1 saturated heterocycles. The van der Waals surface area contributed by atoms with E-state index in [-0.39, 0.29) is 49.7 Å². The number of aromatic hydroxyl groups is 1. The Labute approximate surface area is 299 Å². The molecule has 17 heteroatoms. The van der Waals surface area contributed by atoms with E-state index in [0.29, 0.717) is 33.7 Å². The molecule has 268 valence electrons. The van der Waals surface area contributed by atoms with Crippen molar-refractivity contribution < 1.29 is 28.9 Å². The number of hydrogen-bond donors (Lipinski definition) is 1. The highest BCUT2D eigenvalue weighted by atomic mass is 35.5. The Kier molecular flexibility index (Phi) is 8.13. The second-order valence-corrected chi connectivity index (χ2v) is 14.0. The lowest BCUT2D eigenvalue weighted by Crippen LogP contribution is -2.59. The lowest BCUT2D eigenvalue weighted by atomic mass is 9.64. The molecule has 4 aromatic rings. The van der Waals surface area contributed by atoms with Crippen LogP contribution in [0.5, 0.6) is 23.0 Å². The molecule has 7 rings (SSSR count). The molecule has 1 aliphatic carbocycles. The van der Waals surface area contributed by atoms with Crippen LogP contribution in [0.15, 0.2) is 56.4 Å². The first-order valence-electron chi connectivity index (χ1n) is 16.1. The third kappa shape index (κ3) is 4.70. The van der Waals surface area contributed by atoms with Crippen molar-refractivity contribution in [2.45, 2.75) is 54.6 Å². The van der Waals surface area contributed by atoms with Crippen LogP contribution in [0.2, 0.25) is 0 Å². The molecule has 1 N–H and O–H groups in total. The summed E-state index contributed by atoms with van der Waals surface area (Å²) in [5.41, 5.74) is 0.230. The monoisotopic (exact) mass is 740 g/mol. The van der Waals surface area contributed by atoms with Crippen LogP contribution in [0.4, 0.5) is 0 Å². The van der Waals surface area contributed by atoms with Crippen molar-refractivity contribution >= 4 is 46.0 Å². The van der Waals surface area contributed by atoms with E-state index in [9.17, 15) is 29.1 Å². The SMILES string of the molecule is CCOc1cc(C2C3=CCn4c(=O)n(CCc5nc6cc(OC)c(OC)cc6n(C)c5=O)c(=O)n4C3CC3(Cl)C(=O)N(C)C(=O)C23Cl)ccc1O. The number of imide groups is 1. The topological polar surface area (TPSA) is 169 Å². The van der Waals surface area contributed by atoms with Crippen LogP contribution in [0, 0.1) is 0 Å². The van der Waals surface area contributed by atoms with Gasteiger partial charge in [-0.1, -0.05) is 12.1 Å². The van der Waals surface area contributed by atoms with Gasteiger partial charge in [0.25, 0.3) is 17.4 Å². The molecule has 1 saturated carbocycles. The summed E-state index contributed by atoms with van der Waals surface area (Å²) in [6, 6.07) is 6.80. The maximum Gasteiger partial charge on any atom is 0.347 e. The number of rotatable bonds is 8. The molecule has 51 heavy (non-hydrogen) atoms. The highest BCUT2D eigenvalue weighted by Crippen LogP contribution is 2.63. The van der Waals surface area contributed by atoms with Gasteiger partial charge in [-0.25, -0.2) is 28.5 Å². The van der Waals surface area contributed by atoms with Crippen LogP contribution in [0.1, 0.15) is 36.6 Å². The third-order valence-corrected chi connectivity index (χ3v) is 11.6. The number of likely N-dealkylation sites (tertiary alicyclic amines) is 1. The van der Waals surface area contributed by atoms with Gasteiger partial charge in [-0.15, -0.1) is 23.2 Å². The van der Waals surface area contributed by atoms with Gasteiger partial charge in [0.2, 0.25) is 0 Å². The van der Waals surface area contributed by atoms with Crippen molar-refractivity contribution in [2.24, 2.45) is 7.05 Å². The first kappa shape index (κ1) is 34.4. The average molecular weight is 742 g/mol. The van der Waals surface area contributed by atoms with Gasteiger partial charge in [-0.05, 0) is 30.2 Å². The fourth-order valence-corrected chi connectivity index (χ4v) is 8.69. The van der Waals surface area contributed by atoms with Crippen molar-refractivity contribution in [3.8, 4) is 23.0 Å². The predicted octanol–water partition coefficient (Wildman–Crippen LogP) is 2.05. The molecular weight excluding hydrogens is 707 g/mol. The van der Waals surface area contributed by atoms with Crippen LogP contribution in [-0.2, 0) is 36.1 Å². The maximum absolute atomic E-state index is 14.2. The Morgan fingerprint density at radius 1 is 0.961 bits per heavy atom. The van der Waals surface area contributed by atoms with Crippen molar-refractivity contribution in [2.75, 3.05) is 27.9 Å². The van der Waals surface area contributed by atoms with E-state index in [1.165, 1.54) is 47.3 Å². The first-order chi connectivity index (χ1) is 24.2. The normalized spacial score (nSPS) is 23.9. The highest BCUT2D eigenvalue weighted by Gasteiger charge is 2.74. The number of allylic oxidation sites excluding steroid dienone is 2. The lowest BCUT2D eigenvalue weighted by molar-refractivity contribution is -0.137. The number of aryl methyl sites for hydroxylation is 2. The average Bonchev–Trinajstić information content (AvgIpc) is 3.43. The number of ether oxygens (including phenoxy) is 3. The molecule has 4 atom stereocenters. The van der Waals surface area contributed by atoms with Crippen LogP contribution in [-0.4, -0.2) is 82.9 Å². The number of aromatic nitrogens is 5. The summed E-state index contributed by atoms with van der Waals surface area (Å²) in [7, 11) is 5.85. The van der Waals surface area contributed by atoms with Crippen molar-refractivity contribution in [3.63, 3.8) is 0 Å². The Morgan fingerprint density at radius 3 is 2.35 bits per heavy atom. The van der Waals surface area contributed by atoms with Crippen LogP contribution >= 0.6 is 23.2 Å². The zero-order chi connectivity index (χ0) is 36.7. The van der Waals surface area contributed by atoms with Gasteiger partial charge in [0.1, 0.15) is 5.69 Å². The number of benzene rings is 2. The molecule has 0 radical (unpaired) electrons. The van der Waals surface area contributed by atoms with E-state index >= 15 is 0 Å². The fraction of sp³-hybridized carbons (Fsp3) is 0.412. The summed E-state index contributed by atoms with van der Waals surface area (Å²) in [6.07, 6.45) is 1.39. The van der Waals surface area contributed by atoms with Gasteiger partial charge in [0, 0.05) is 51.5 Å². The number of hydrogen-bond acceptors (Lipinski definition) is 10. The van der Waals surface area contributed by atoms with E-state index in [4.69, 9.17) is 37.4 Å². The quantitative estimate of drug-likeness (QED) is 0.160.